The number of hydrogen-bond acceptors (Lipinski definition) is 3. The van der Waals surface area contributed by atoms with Crippen molar-refractivity contribution < 1.29 is 19.1 Å². The molecule has 0 aromatic carbocycles. The lowest BCUT2D eigenvalue weighted by molar-refractivity contribution is -0.146. The van der Waals surface area contributed by atoms with Gasteiger partial charge in [0.05, 0.1) is 0 Å². The summed E-state index contributed by atoms with van der Waals surface area (Å²) in [6.07, 6.45) is -3.61. The molecule has 54 valence electrons. The summed E-state index contributed by atoms with van der Waals surface area (Å²) in [5, 5.41) is 16.9. The van der Waals surface area contributed by atoms with Crippen LogP contribution < -0.4 is 0 Å². The van der Waals surface area contributed by atoms with E-state index in [0.29, 0.717) is 11.8 Å². The third kappa shape index (κ3) is 4.29. The standard InChI is InChI=1S/C5H10O3S/c1-9-3-2-4(6)5(7)8/h4,6H,2-3H2,1H3,(H,7,8)/i1D3. The number of carboxylic acid groups (broad SMARTS) is 1. The molecule has 0 aliphatic carbocycles. The smallest absolute Gasteiger partial charge is 0.332 e. The van der Waals surface area contributed by atoms with Gasteiger partial charge >= 0.3 is 5.97 Å². The van der Waals surface area contributed by atoms with Crippen LogP contribution in [0.15, 0.2) is 0 Å². The summed E-state index contributed by atoms with van der Waals surface area (Å²) in [7, 11) is 0. The first-order chi connectivity index (χ1) is 5.33. The molecule has 0 saturated carbocycles. The third-order valence-corrected chi connectivity index (χ3v) is 1.22. The number of thioether (sulfide) groups is 1. The minimum absolute atomic E-state index is 0.0433. The predicted octanol–water partition coefficient (Wildman–Crippen LogP) is 0.185. The van der Waals surface area contributed by atoms with Gasteiger partial charge in [-0.3, -0.25) is 0 Å². The van der Waals surface area contributed by atoms with Gasteiger partial charge < -0.3 is 10.2 Å². The van der Waals surface area contributed by atoms with Crippen LogP contribution in [-0.2, 0) is 4.79 Å². The van der Waals surface area contributed by atoms with Crippen LogP contribution >= 0.6 is 11.8 Å². The van der Waals surface area contributed by atoms with Crippen LogP contribution in [0.3, 0.4) is 0 Å². The Morgan fingerprint density at radius 1 is 2.00 bits per heavy atom. The fourth-order valence-corrected chi connectivity index (χ4v) is 0.635. The maximum Gasteiger partial charge on any atom is 0.332 e. The molecule has 2 N–H and O–H groups in total. The average molecular weight is 153 g/mol. The van der Waals surface area contributed by atoms with Crippen molar-refractivity contribution in [2.75, 3.05) is 11.9 Å². The first kappa shape index (κ1) is 4.57. The predicted molar refractivity (Wildman–Crippen MR) is 36.6 cm³/mol. The highest BCUT2D eigenvalue weighted by Gasteiger charge is 2.10. The maximum absolute atomic E-state index is 10.1. The normalized spacial score (nSPS) is 19.4. The van der Waals surface area contributed by atoms with E-state index in [1.807, 2.05) is 0 Å². The molecule has 0 aromatic rings. The zero-order valence-corrected chi connectivity index (χ0v) is 5.52. The Morgan fingerprint density at radius 3 is 3.11 bits per heavy atom. The molecule has 0 spiro atoms. The molecule has 1 unspecified atom stereocenters. The van der Waals surface area contributed by atoms with Crippen molar-refractivity contribution in [2.45, 2.75) is 12.5 Å². The number of hydrogen-bond donors (Lipinski definition) is 2. The molecule has 0 aliphatic rings. The van der Waals surface area contributed by atoms with Crippen molar-refractivity contribution in [1.82, 2.24) is 0 Å². The number of aliphatic hydroxyl groups is 1. The van der Waals surface area contributed by atoms with E-state index in [1.54, 1.807) is 0 Å². The van der Waals surface area contributed by atoms with Gasteiger partial charge in [0.2, 0.25) is 0 Å². The summed E-state index contributed by atoms with van der Waals surface area (Å²) in [6.45, 7) is 0. The van der Waals surface area contributed by atoms with Crippen LogP contribution in [0, 0.1) is 0 Å². The summed E-state index contributed by atoms with van der Waals surface area (Å²) in [5.41, 5.74) is 0. The Morgan fingerprint density at radius 2 is 2.67 bits per heavy atom. The molecule has 4 heteroatoms. The Labute approximate surface area is 62.3 Å². The van der Waals surface area contributed by atoms with Crippen LogP contribution in [0.25, 0.3) is 0 Å². The summed E-state index contributed by atoms with van der Waals surface area (Å²) >= 11 is 0.656. The summed E-state index contributed by atoms with van der Waals surface area (Å²) in [5.74, 6) is -1.20. The van der Waals surface area contributed by atoms with Gasteiger partial charge in [-0.25, -0.2) is 4.79 Å². The second-order valence-corrected chi connectivity index (χ2v) is 2.19. The van der Waals surface area contributed by atoms with Crippen molar-refractivity contribution >= 4 is 17.7 Å². The maximum atomic E-state index is 10.1. The molecule has 0 heterocycles. The fourth-order valence-electron chi connectivity index (χ4n) is 0.294. The Balaban J connectivity index is 3.51. The Hall–Kier alpha value is -0.220. The van der Waals surface area contributed by atoms with Crippen LogP contribution in [0.1, 0.15) is 10.5 Å². The zero-order chi connectivity index (χ0) is 9.78. The number of carboxylic acids is 1. The molecule has 0 aromatic heterocycles. The second kappa shape index (κ2) is 4.64. The largest absolute Gasteiger partial charge is 0.479 e. The van der Waals surface area contributed by atoms with Gasteiger partial charge in [0.15, 0.2) is 6.10 Å². The van der Waals surface area contributed by atoms with Crippen molar-refractivity contribution in [3.8, 4) is 0 Å². The van der Waals surface area contributed by atoms with E-state index in [4.69, 9.17) is 14.3 Å². The van der Waals surface area contributed by atoms with Gasteiger partial charge in [-0.1, -0.05) is 0 Å². The molecule has 9 heavy (non-hydrogen) atoms. The molecule has 0 rings (SSSR count). The molecule has 0 amide bonds. The van der Waals surface area contributed by atoms with Crippen LogP contribution in [-0.4, -0.2) is 34.2 Å². The molecular weight excluding hydrogens is 140 g/mol. The molecule has 1 atom stereocenters. The van der Waals surface area contributed by atoms with E-state index in [-0.39, 0.29) is 12.2 Å². The van der Waals surface area contributed by atoms with Gasteiger partial charge in [0, 0.05) is 4.11 Å². The number of aliphatic carboxylic acids is 1. The van der Waals surface area contributed by atoms with Crippen molar-refractivity contribution in [3.63, 3.8) is 0 Å². The highest BCUT2D eigenvalue weighted by molar-refractivity contribution is 7.98. The topological polar surface area (TPSA) is 57.5 Å². The van der Waals surface area contributed by atoms with Crippen molar-refractivity contribution in [2.24, 2.45) is 0 Å². The Kier molecular flexibility index (Phi) is 2.36. The monoisotopic (exact) mass is 153 g/mol. The molecular formula is C5H10O3S. The lowest BCUT2D eigenvalue weighted by atomic mass is 10.3. The van der Waals surface area contributed by atoms with E-state index in [2.05, 4.69) is 0 Å². The number of rotatable bonds is 4. The van der Waals surface area contributed by atoms with Crippen molar-refractivity contribution in [1.29, 1.82) is 0 Å². The second-order valence-electron chi connectivity index (χ2n) is 1.49. The quantitative estimate of drug-likeness (QED) is 0.605. The van der Waals surface area contributed by atoms with Gasteiger partial charge in [0.1, 0.15) is 0 Å². The van der Waals surface area contributed by atoms with E-state index in [0.717, 1.165) is 0 Å². The SMILES string of the molecule is [2H]C([2H])([2H])SCCC(O)C(=O)O. The van der Waals surface area contributed by atoms with E-state index < -0.39 is 18.3 Å². The van der Waals surface area contributed by atoms with Gasteiger partial charge in [-0.2, -0.15) is 11.8 Å². The van der Waals surface area contributed by atoms with Crippen LogP contribution in [0.2, 0.25) is 0 Å². The summed E-state index contributed by atoms with van der Waals surface area (Å²) in [4.78, 5) is 10.1. The first-order valence-electron chi connectivity index (χ1n) is 3.88. The van der Waals surface area contributed by atoms with Crippen LogP contribution in [0.4, 0.5) is 0 Å². The highest BCUT2D eigenvalue weighted by atomic mass is 32.2. The van der Waals surface area contributed by atoms with Gasteiger partial charge in [0.25, 0.3) is 0 Å². The third-order valence-electron chi connectivity index (χ3n) is 0.778. The fraction of sp³-hybridized carbons (Fsp3) is 0.800. The molecule has 0 bridgehead atoms. The summed E-state index contributed by atoms with van der Waals surface area (Å²) < 4.78 is 20.3. The molecule has 0 aliphatic heterocycles. The van der Waals surface area contributed by atoms with E-state index >= 15 is 0 Å². The minimum atomic E-state index is -2.11. The number of carbonyl (C=O) groups is 1. The first-order valence-corrected chi connectivity index (χ1v) is 3.36. The Bertz CT molecular complexity index is 159. The summed E-state index contributed by atoms with van der Waals surface area (Å²) in [6, 6.07) is 0. The number of aliphatic hydroxyl groups excluding tert-OH is 1. The van der Waals surface area contributed by atoms with E-state index in [9.17, 15) is 4.79 Å². The molecule has 0 radical (unpaired) electrons. The molecule has 0 fully saturated rings. The zero-order valence-electron chi connectivity index (χ0n) is 7.70. The lowest BCUT2D eigenvalue weighted by Crippen LogP contribution is -2.19. The molecule has 3 nitrogen and oxygen atoms in total. The average Bonchev–Trinajstić information content (AvgIpc) is 1.84. The lowest BCUT2D eigenvalue weighted by Gasteiger charge is -2.01. The van der Waals surface area contributed by atoms with Crippen LogP contribution in [0.5, 0.6) is 0 Å². The van der Waals surface area contributed by atoms with Gasteiger partial charge in [-0.15, -0.1) is 0 Å². The van der Waals surface area contributed by atoms with Crippen molar-refractivity contribution in [3.05, 3.63) is 0 Å². The highest BCUT2D eigenvalue weighted by Crippen LogP contribution is 1.99. The molecule has 0 saturated heterocycles. The van der Waals surface area contributed by atoms with E-state index in [1.165, 1.54) is 0 Å². The minimum Gasteiger partial charge on any atom is -0.479 e. The van der Waals surface area contributed by atoms with Gasteiger partial charge in [-0.05, 0) is 18.4 Å².